The van der Waals surface area contributed by atoms with Gasteiger partial charge in [0.2, 0.25) is 0 Å². The van der Waals surface area contributed by atoms with Crippen molar-refractivity contribution in [2.24, 2.45) is 5.92 Å². The zero-order valence-electron chi connectivity index (χ0n) is 11.3. The molecular weight excluding hydrogens is 265 g/mol. The Bertz CT molecular complexity index is 468. The van der Waals surface area contributed by atoms with Gasteiger partial charge in [0.15, 0.2) is 0 Å². The lowest BCUT2D eigenvalue weighted by atomic mass is 10.1. The van der Waals surface area contributed by atoms with Crippen LogP contribution in [-0.2, 0) is 6.54 Å². The highest BCUT2D eigenvalue weighted by Gasteiger charge is 2.35. The lowest BCUT2D eigenvalue weighted by molar-refractivity contribution is -0.132. The third-order valence-electron chi connectivity index (χ3n) is 4.16. The van der Waals surface area contributed by atoms with Crippen molar-refractivity contribution in [3.8, 4) is 0 Å². The Morgan fingerprint density at radius 1 is 1.20 bits per heavy atom. The van der Waals surface area contributed by atoms with Crippen LogP contribution in [0.3, 0.4) is 0 Å². The molecule has 0 saturated heterocycles. The number of anilines is 1. The number of hydrogen-bond acceptors (Lipinski definition) is 2. The molecule has 1 atom stereocenters. The maximum atomic E-state index is 12.5. The molecule has 110 valence electrons. The Morgan fingerprint density at radius 3 is 2.65 bits per heavy atom. The summed E-state index contributed by atoms with van der Waals surface area (Å²) in [4.78, 5) is 1.91. The fraction of sp³-hybridized carbons (Fsp3) is 0.600. The highest BCUT2D eigenvalue weighted by Crippen LogP contribution is 2.36. The molecule has 2 aliphatic rings. The summed E-state index contributed by atoms with van der Waals surface area (Å²) < 4.78 is 37.5. The van der Waals surface area contributed by atoms with E-state index in [0.29, 0.717) is 18.5 Å². The summed E-state index contributed by atoms with van der Waals surface area (Å²) in [6.07, 6.45) is -2.45. The molecule has 1 aromatic rings. The van der Waals surface area contributed by atoms with Crippen molar-refractivity contribution in [1.82, 2.24) is 5.32 Å². The van der Waals surface area contributed by atoms with E-state index in [1.165, 1.54) is 12.8 Å². The van der Waals surface area contributed by atoms with Crippen molar-refractivity contribution in [2.45, 2.75) is 38.0 Å². The van der Waals surface area contributed by atoms with Crippen molar-refractivity contribution in [2.75, 3.05) is 18.0 Å². The first-order chi connectivity index (χ1) is 9.53. The molecule has 0 spiro atoms. The Kier molecular flexibility index (Phi) is 3.63. The molecular formula is C15H19F3N2. The number of nitrogens with one attached hydrogen (secondary N) is 1. The maximum absolute atomic E-state index is 12.5. The van der Waals surface area contributed by atoms with Crippen molar-refractivity contribution in [1.29, 1.82) is 0 Å². The maximum Gasteiger partial charge on any atom is 0.390 e. The molecule has 1 aliphatic heterocycles. The lowest BCUT2D eigenvalue weighted by Crippen LogP contribution is -2.40. The molecule has 0 aromatic heterocycles. The van der Waals surface area contributed by atoms with Gasteiger partial charge in [-0.25, -0.2) is 0 Å². The van der Waals surface area contributed by atoms with Crippen LogP contribution in [0.5, 0.6) is 0 Å². The summed E-state index contributed by atoms with van der Waals surface area (Å²) >= 11 is 0. The number of alkyl halides is 3. The number of hydrogen-bond donors (Lipinski definition) is 1. The molecule has 1 aliphatic carbocycles. The number of para-hydroxylation sites is 1. The Balaban J connectivity index is 1.78. The third-order valence-corrected chi connectivity index (χ3v) is 4.16. The minimum absolute atomic E-state index is 0.0470. The topological polar surface area (TPSA) is 15.3 Å². The monoisotopic (exact) mass is 284 g/mol. The highest BCUT2D eigenvalue weighted by molar-refractivity contribution is 5.54. The Morgan fingerprint density at radius 2 is 1.95 bits per heavy atom. The highest BCUT2D eigenvalue weighted by atomic mass is 19.4. The van der Waals surface area contributed by atoms with E-state index in [-0.39, 0.29) is 6.54 Å². The average molecular weight is 284 g/mol. The fourth-order valence-electron chi connectivity index (χ4n) is 2.90. The summed E-state index contributed by atoms with van der Waals surface area (Å²) in [5, 5.41) is 3.50. The van der Waals surface area contributed by atoms with Gasteiger partial charge in [0.25, 0.3) is 0 Å². The SMILES string of the molecule is FC(F)(F)CCN1CC(C2CC2)NCc2ccccc21. The second-order valence-electron chi connectivity index (χ2n) is 5.76. The standard InChI is InChI=1S/C15H19F3N2/c16-15(17,18)7-8-20-10-13(11-5-6-11)19-9-12-3-1-2-4-14(12)20/h1-4,11,13,19H,5-10H2. The van der Waals surface area contributed by atoms with Gasteiger partial charge in [-0.3, -0.25) is 0 Å². The predicted molar refractivity (Wildman–Crippen MR) is 72.7 cm³/mol. The second kappa shape index (κ2) is 5.28. The summed E-state index contributed by atoms with van der Waals surface area (Å²) in [6.45, 7) is 1.48. The first-order valence-corrected chi connectivity index (χ1v) is 7.16. The molecule has 1 aromatic carbocycles. The van der Waals surface area contributed by atoms with E-state index < -0.39 is 12.6 Å². The quantitative estimate of drug-likeness (QED) is 0.916. The molecule has 1 heterocycles. The first-order valence-electron chi connectivity index (χ1n) is 7.16. The summed E-state index contributed by atoms with van der Waals surface area (Å²) in [5.74, 6) is 0.637. The minimum atomic E-state index is -4.09. The number of halogens is 3. The molecule has 1 saturated carbocycles. The van der Waals surface area contributed by atoms with Gasteiger partial charge in [0, 0.05) is 31.4 Å². The summed E-state index contributed by atoms with van der Waals surface area (Å²) in [6, 6.07) is 8.09. The lowest BCUT2D eigenvalue weighted by Gasteiger charge is -2.28. The van der Waals surface area contributed by atoms with Gasteiger partial charge < -0.3 is 10.2 Å². The van der Waals surface area contributed by atoms with E-state index in [9.17, 15) is 13.2 Å². The van der Waals surface area contributed by atoms with E-state index in [1.54, 1.807) is 0 Å². The first kappa shape index (κ1) is 13.7. The van der Waals surface area contributed by atoms with Crippen molar-refractivity contribution >= 4 is 5.69 Å². The molecule has 1 unspecified atom stereocenters. The van der Waals surface area contributed by atoms with Crippen LogP contribution >= 0.6 is 0 Å². The number of benzene rings is 1. The van der Waals surface area contributed by atoms with Gasteiger partial charge >= 0.3 is 6.18 Å². The van der Waals surface area contributed by atoms with Crippen molar-refractivity contribution in [3.63, 3.8) is 0 Å². The van der Waals surface area contributed by atoms with E-state index in [4.69, 9.17) is 0 Å². The van der Waals surface area contributed by atoms with E-state index in [1.807, 2.05) is 29.2 Å². The van der Waals surface area contributed by atoms with Gasteiger partial charge in [-0.15, -0.1) is 0 Å². The molecule has 2 nitrogen and oxygen atoms in total. The number of rotatable bonds is 3. The second-order valence-corrected chi connectivity index (χ2v) is 5.76. The van der Waals surface area contributed by atoms with Crippen molar-refractivity contribution in [3.05, 3.63) is 29.8 Å². The van der Waals surface area contributed by atoms with Crippen LogP contribution in [0.15, 0.2) is 24.3 Å². The largest absolute Gasteiger partial charge is 0.390 e. The molecule has 0 amide bonds. The van der Waals surface area contributed by atoms with E-state index >= 15 is 0 Å². The summed E-state index contributed by atoms with van der Waals surface area (Å²) in [5.41, 5.74) is 2.05. The van der Waals surface area contributed by atoms with Gasteiger partial charge in [-0.1, -0.05) is 18.2 Å². The third kappa shape index (κ3) is 3.26. The minimum Gasteiger partial charge on any atom is -0.369 e. The summed E-state index contributed by atoms with van der Waals surface area (Å²) in [7, 11) is 0. The van der Waals surface area contributed by atoms with Crippen LogP contribution in [0.4, 0.5) is 18.9 Å². The predicted octanol–water partition coefficient (Wildman–Crippen LogP) is 3.33. The van der Waals surface area contributed by atoms with Gasteiger partial charge in [-0.05, 0) is 30.4 Å². The van der Waals surface area contributed by atoms with Gasteiger partial charge in [0.05, 0.1) is 6.42 Å². The normalized spacial score (nSPS) is 23.4. The van der Waals surface area contributed by atoms with Crippen LogP contribution in [0.2, 0.25) is 0 Å². The Labute approximate surface area is 117 Å². The van der Waals surface area contributed by atoms with Gasteiger partial charge in [-0.2, -0.15) is 13.2 Å². The van der Waals surface area contributed by atoms with Crippen molar-refractivity contribution < 1.29 is 13.2 Å². The van der Waals surface area contributed by atoms with Crippen LogP contribution in [0, 0.1) is 5.92 Å². The molecule has 1 fully saturated rings. The average Bonchev–Trinajstić information content (AvgIpc) is 3.22. The van der Waals surface area contributed by atoms with Crippen LogP contribution in [0.1, 0.15) is 24.8 Å². The zero-order chi connectivity index (χ0) is 14.2. The molecule has 5 heteroatoms. The van der Waals surface area contributed by atoms with E-state index in [0.717, 1.165) is 17.8 Å². The molecule has 0 radical (unpaired) electrons. The molecule has 20 heavy (non-hydrogen) atoms. The smallest absolute Gasteiger partial charge is 0.369 e. The molecule has 0 bridgehead atoms. The fourth-order valence-corrected chi connectivity index (χ4v) is 2.90. The van der Waals surface area contributed by atoms with Crippen LogP contribution in [0.25, 0.3) is 0 Å². The van der Waals surface area contributed by atoms with E-state index in [2.05, 4.69) is 5.32 Å². The van der Waals surface area contributed by atoms with Crippen LogP contribution in [-0.4, -0.2) is 25.3 Å². The van der Waals surface area contributed by atoms with Gasteiger partial charge in [0.1, 0.15) is 0 Å². The Hall–Kier alpha value is -1.23. The number of fused-ring (bicyclic) bond motifs is 1. The van der Waals surface area contributed by atoms with Crippen LogP contribution < -0.4 is 10.2 Å². The molecule has 3 rings (SSSR count). The number of nitrogens with zero attached hydrogens (tertiary/aromatic N) is 1. The molecule has 1 N–H and O–H groups in total. The zero-order valence-corrected chi connectivity index (χ0v) is 11.3.